The second-order valence-electron chi connectivity index (χ2n) is 3.78. The molecule has 3 nitrogen and oxygen atoms in total. The maximum Gasteiger partial charge on any atom is 0.243 e. The molecular formula is C15H27NO2S. The van der Waals surface area contributed by atoms with Crippen LogP contribution >= 0.6 is 0 Å². The predicted molar refractivity (Wildman–Crippen MR) is 81.7 cm³/mol. The Bertz CT molecular complexity index is 409. The molecule has 0 aromatic heterocycles. The second-order valence-corrected chi connectivity index (χ2v) is 5.72. The monoisotopic (exact) mass is 285 g/mol. The molecule has 0 radical (unpaired) electrons. The van der Waals surface area contributed by atoms with Crippen LogP contribution < -0.4 is 0 Å². The molecule has 0 bridgehead atoms. The minimum atomic E-state index is -3.23. The number of benzene rings is 1. The van der Waals surface area contributed by atoms with Gasteiger partial charge in [-0.1, -0.05) is 52.3 Å². The van der Waals surface area contributed by atoms with Crippen molar-refractivity contribution >= 4 is 10.0 Å². The first-order chi connectivity index (χ1) is 9.21. The van der Waals surface area contributed by atoms with Gasteiger partial charge in [0, 0.05) is 13.1 Å². The first kappa shape index (κ1) is 18.1. The molecular weight excluding hydrogens is 258 g/mol. The van der Waals surface area contributed by atoms with E-state index < -0.39 is 10.0 Å². The van der Waals surface area contributed by atoms with E-state index in [1.165, 1.54) is 0 Å². The van der Waals surface area contributed by atoms with Crippen molar-refractivity contribution in [2.24, 2.45) is 0 Å². The predicted octanol–water partition coefficient (Wildman–Crippen LogP) is 3.91. The van der Waals surface area contributed by atoms with Crippen molar-refractivity contribution < 1.29 is 8.42 Å². The fourth-order valence-corrected chi connectivity index (χ4v) is 3.38. The van der Waals surface area contributed by atoms with Gasteiger partial charge in [-0.05, 0) is 25.0 Å². The standard InChI is InChI=1S/C11H15NO2S.2C2H6/c13-15(14,11-7-3-1-4-8-11)12-9-5-2-6-10-12;2*1-2/h1,3-4,7-8H,2,5-6,9-10H2;2*1-2H3. The summed E-state index contributed by atoms with van der Waals surface area (Å²) in [6.07, 6.45) is 3.10. The lowest BCUT2D eigenvalue weighted by atomic mass is 10.2. The molecule has 0 amide bonds. The molecule has 4 heteroatoms. The van der Waals surface area contributed by atoms with Gasteiger partial charge in [0.1, 0.15) is 0 Å². The normalized spacial score (nSPS) is 15.6. The smallest absolute Gasteiger partial charge is 0.207 e. The van der Waals surface area contributed by atoms with Gasteiger partial charge in [-0.25, -0.2) is 8.42 Å². The lowest BCUT2D eigenvalue weighted by Crippen LogP contribution is -2.35. The van der Waals surface area contributed by atoms with Crippen LogP contribution in [-0.2, 0) is 10.0 Å². The molecule has 1 saturated heterocycles. The third-order valence-electron chi connectivity index (χ3n) is 2.70. The van der Waals surface area contributed by atoms with Gasteiger partial charge in [0.05, 0.1) is 4.90 Å². The number of hydrogen-bond acceptors (Lipinski definition) is 2. The van der Waals surface area contributed by atoms with E-state index in [0.717, 1.165) is 19.3 Å². The van der Waals surface area contributed by atoms with Crippen LogP contribution in [0.4, 0.5) is 0 Å². The molecule has 0 N–H and O–H groups in total. The summed E-state index contributed by atoms with van der Waals surface area (Å²) in [6.45, 7) is 9.33. The molecule has 2 rings (SSSR count). The van der Waals surface area contributed by atoms with Crippen molar-refractivity contribution in [2.75, 3.05) is 13.1 Å². The lowest BCUT2D eigenvalue weighted by molar-refractivity contribution is 0.346. The minimum Gasteiger partial charge on any atom is -0.207 e. The van der Waals surface area contributed by atoms with Crippen LogP contribution in [0.25, 0.3) is 0 Å². The molecule has 110 valence electrons. The van der Waals surface area contributed by atoms with Crippen LogP contribution in [0.2, 0.25) is 0 Å². The number of piperidine rings is 1. The van der Waals surface area contributed by atoms with Gasteiger partial charge >= 0.3 is 0 Å². The molecule has 0 aliphatic carbocycles. The van der Waals surface area contributed by atoms with Crippen molar-refractivity contribution in [2.45, 2.75) is 51.9 Å². The van der Waals surface area contributed by atoms with Crippen LogP contribution in [-0.4, -0.2) is 25.8 Å². The number of rotatable bonds is 2. The fraction of sp³-hybridized carbons (Fsp3) is 0.600. The zero-order valence-electron chi connectivity index (χ0n) is 12.6. The number of sulfonamides is 1. The molecule has 1 aromatic carbocycles. The number of nitrogens with zero attached hydrogens (tertiary/aromatic N) is 1. The van der Waals surface area contributed by atoms with E-state index in [2.05, 4.69) is 0 Å². The molecule has 1 aliphatic heterocycles. The highest BCUT2D eigenvalue weighted by Gasteiger charge is 2.25. The Hall–Kier alpha value is -0.870. The average molecular weight is 285 g/mol. The van der Waals surface area contributed by atoms with E-state index in [0.29, 0.717) is 18.0 Å². The van der Waals surface area contributed by atoms with Gasteiger partial charge in [0.2, 0.25) is 10.0 Å². The average Bonchev–Trinajstić information content (AvgIpc) is 2.53. The third kappa shape index (κ3) is 5.33. The molecule has 1 aromatic rings. The molecule has 1 heterocycles. The van der Waals surface area contributed by atoms with Gasteiger partial charge in [0.15, 0.2) is 0 Å². The Morgan fingerprint density at radius 3 is 1.79 bits per heavy atom. The molecule has 1 fully saturated rings. The zero-order chi connectivity index (χ0) is 14.7. The van der Waals surface area contributed by atoms with Crippen molar-refractivity contribution in [3.05, 3.63) is 30.3 Å². The minimum absolute atomic E-state index is 0.409. The van der Waals surface area contributed by atoms with E-state index in [1.54, 1.807) is 28.6 Å². The maximum absolute atomic E-state index is 12.1. The van der Waals surface area contributed by atoms with Crippen molar-refractivity contribution in [1.82, 2.24) is 4.31 Å². The highest BCUT2D eigenvalue weighted by Crippen LogP contribution is 2.19. The SMILES string of the molecule is CC.CC.O=S(=O)(c1ccccc1)N1CCCCC1. The first-order valence-electron chi connectivity index (χ1n) is 7.26. The highest BCUT2D eigenvalue weighted by atomic mass is 32.2. The fourth-order valence-electron chi connectivity index (χ4n) is 1.85. The number of hydrogen-bond donors (Lipinski definition) is 0. The van der Waals surface area contributed by atoms with E-state index in [9.17, 15) is 8.42 Å². The van der Waals surface area contributed by atoms with E-state index in [1.807, 2.05) is 33.8 Å². The summed E-state index contributed by atoms with van der Waals surface area (Å²) in [6, 6.07) is 8.66. The molecule has 0 saturated carbocycles. The largest absolute Gasteiger partial charge is 0.243 e. The molecule has 0 spiro atoms. The summed E-state index contributed by atoms with van der Waals surface area (Å²) in [5, 5.41) is 0. The van der Waals surface area contributed by atoms with Gasteiger partial charge in [-0.2, -0.15) is 4.31 Å². The summed E-state index contributed by atoms with van der Waals surface area (Å²) in [5.74, 6) is 0. The molecule has 1 aliphatic rings. The van der Waals surface area contributed by atoms with Crippen molar-refractivity contribution in [3.8, 4) is 0 Å². The van der Waals surface area contributed by atoms with Gasteiger partial charge < -0.3 is 0 Å². The molecule has 0 atom stereocenters. The first-order valence-corrected chi connectivity index (χ1v) is 8.70. The van der Waals surface area contributed by atoms with Crippen molar-refractivity contribution in [1.29, 1.82) is 0 Å². The molecule has 0 unspecified atom stereocenters. The second kappa shape index (κ2) is 9.98. The Labute approximate surface area is 118 Å². The zero-order valence-corrected chi connectivity index (χ0v) is 13.4. The Balaban J connectivity index is 0.000000741. The van der Waals surface area contributed by atoms with Crippen LogP contribution in [0, 0.1) is 0 Å². The Morgan fingerprint density at radius 1 is 0.842 bits per heavy atom. The van der Waals surface area contributed by atoms with Crippen LogP contribution in [0.5, 0.6) is 0 Å². The quantitative estimate of drug-likeness (QED) is 0.826. The topological polar surface area (TPSA) is 37.4 Å². The Kier molecular flexibility index (Phi) is 9.53. The molecule has 19 heavy (non-hydrogen) atoms. The van der Waals surface area contributed by atoms with Crippen LogP contribution in [0.3, 0.4) is 0 Å². The lowest BCUT2D eigenvalue weighted by Gasteiger charge is -2.25. The summed E-state index contributed by atoms with van der Waals surface area (Å²) in [5.41, 5.74) is 0. The van der Waals surface area contributed by atoms with Crippen LogP contribution in [0.1, 0.15) is 47.0 Å². The van der Waals surface area contributed by atoms with Crippen LogP contribution in [0.15, 0.2) is 35.2 Å². The highest BCUT2D eigenvalue weighted by molar-refractivity contribution is 7.89. The third-order valence-corrected chi connectivity index (χ3v) is 4.61. The van der Waals surface area contributed by atoms with Crippen molar-refractivity contribution in [3.63, 3.8) is 0 Å². The van der Waals surface area contributed by atoms with Gasteiger partial charge in [0.25, 0.3) is 0 Å². The van der Waals surface area contributed by atoms with E-state index in [4.69, 9.17) is 0 Å². The summed E-state index contributed by atoms with van der Waals surface area (Å²) >= 11 is 0. The van der Waals surface area contributed by atoms with Gasteiger partial charge in [-0.3, -0.25) is 0 Å². The van der Waals surface area contributed by atoms with E-state index >= 15 is 0 Å². The summed E-state index contributed by atoms with van der Waals surface area (Å²) < 4.78 is 25.8. The maximum atomic E-state index is 12.1. The van der Waals surface area contributed by atoms with Gasteiger partial charge in [-0.15, -0.1) is 0 Å². The Morgan fingerprint density at radius 2 is 1.32 bits per heavy atom. The van der Waals surface area contributed by atoms with E-state index in [-0.39, 0.29) is 0 Å². The summed E-state index contributed by atoms with van der Waals surface area (Å²) in [4.78, 5) is 0.409. The summed E-state index contributed by atoms with van der Waals surface area (Å²) in [7, 11) is -3.23.